The largest absolute Gasteiger partial charge is 0.508 e. The van der Waals surface area contributed by atoms with E-state index in [0.717, 1.165) is 5.56 Å². The van der Waals surface area contributed by atoms with Crippen LogP contribution < -0.4 is 5.32 Å². The SMILES string of the molecule is C[C@@H](c1ccc(O)cc1)c1nnc2ccc(Nc3ccc(F)nc3)nn12. The van der Waals surface area contributed by atoms with Gasteiger partial charge in [0.25, 0.3) is 0 Å². The molecule has 0 fully saturated rings. The van der Waals surface area contributed by atoms with Gasteiger partial charge in [0, 0.05) is 5.92 Å². The fraction of sp³-hybridized carbons (Fsp3) is 0.111. The van der Waals surface area contributed by atoms with Gasteiger partial charge in [-0.15, -0.1) is 15.3 Å². The van der Waals surface area contributed by atoms with Crippen molar-refractivity contribution in [2.45, 2.75) is 12.8 Å². The van der Waals surface area contributed by atoms with Crippen LogP contribution in [0.3, 0.4) is 0 Å². The number of rotatable bonds is 4. The molecule has 0 spiro atoms. The first-order valence-electron chi connectivity index (χ1n) is 8.00. The van der Waals surface area contributed by atoms with Crippen molar-refractivity contribution in [2.75, 3.05) is 5.32 Å². The minimum atomic E-state index is -0.539. The van der Waals surface area contributed by atoms with Crippen molar-refractivity contribution in [3.8, 4) is 5.75 Å². The maximum Gasteiger partial charge on any atom is 0.212 e. The second kappa shape index (κ2) is 6.40. The summed E-state index contributed by atoms with van der Waals surface area (Å²) in [5.74, 6) is 0.838. The zero-order valence-electron chi connectivity index (χ0n) is 13.8. The van der Waals surface area contributed by atoms with Crippen molar-refractivity contribution in [2.24, 2.45) is 0 Å². The Morgan fingerprint density at radius 2 is 1.85 bits per heavy atom. The Morgan fingerprint density at radius 1 is 1.04 bits per heavy atom. The second-order valence-electron chi connectivity index (χ2n) is 5.85. The van der Waals surface area contributed by atoms with Crippen LogP contribution in [-0.4, -0.2) is 29.9 Å². The molecule has 0 unspecified atom stereocenters. The van der Waals surface area contributed by atoms with Gasteiger partial charge < -0.3 is 10.4 Å². The maximum atomic E-state index is 12.9. The summed E-state index contributed by atoms with van der Waals surface area (Å²) in [5, 5.41) is 25.5. The molecule has 4 aromatic rings. The second-order valence-corrected chi connectivity index (χ2v) is 5.85. The molecular formula is C18H15FN6O. The predicted molar refractivity (Wildman–Crippen MR) is 93.9 cm³/mol. The van der Waals surface area contributed by atoms with Crippen molar-refractivity contribution in [1.29, 1.82) is 0 Å². The van der Waals surface area contributed by atoms with E-state index in [-0.39, 0.29) is 11.7 Å². The summed E-state index contributed by atoms with van der Waals surface area (Å²) in [6.07, 6.45) is 1.40. The van der Waals surface area contributed by atoms with Crippen LogP contribution in [0.4, 0.5) is 15.9 Å². The van der Waals surface area contributed by atoms with E-state index in [2.05, 4.69) is 25.6 Å². The Hall–Kier alpha value is -3.55. The van der Waals surface area contributed by atoms with E-state index >= 15 is 0 Å². The molecule has 7 nitrogen and oxygen atoms in total. The van der Waals surface area contributed by atoms with E-state index in [1.54, 1.807) is 34.8 Å². The molecule has 0 aliphatic rings. The fourth-order valence-electron chi connectivity index (χ4n) is 2.65. The fourth-order valence-corrected chi connectivity index (χ4v) is 2.65. The number of pyridine rings is 1. The molecule has 1 atom stereocenters. The van der Waals surface area contributed by atoms with Gasteiger partial charge in [0.05, 0.1) is 11.9 Å². The number of benzene rings is 1. The highest BCUT2D eigenvalue weighted by atomic mass is 19.1. The van der Waals surface area contributed by atoms with Crippen molar-refractivity contribution < 1.29 is 9.50 Å². The van der Waals surface area contributed by atoms with Gasteiger partial charge in [-0.3, -0.25) is 0 Å². The number of hydrogen-bond donors (Lipinski definition) is 2. The van der Waals surface area contributed by atoms with Crippen molar-refractivity contribution in [3.63, 3.8) is 0 Å². The number of phenols is 1. The lowest BCUT2D eigenvalue weighted by Gasteiger charge is -2.11. The lowest BCUT2D eigenvalue weighted by molar-refractivity contribution is 0.475. The lowest BCUT2D eigenvalue weighted by atomic mass is 10.0. The minimum Gasteiger partial charge on any atom is -0.508 e. The van der Waals surface area contributed by atoms with Gasteiger partial charge in [0.2, 0.25) is 5.95 Å². The van der Waals surface area contributed by atoms with E-state index in [1.807, 2.05) is 19.1 Å². The number of nitrogens with zero attached hydrogens (tertiary/aromatic N) is 5. The highest BCUT2D eigenvalue weighted by molar-refractivity contribution is 5.56. The molecule has 3 heterocycles. The molecule has 0 amide bonds. The van der Waals surface area contributed by atoms with Crippen LogP contribution in [0.2, 0.25) is 0 Å². The summed E-state index contributed by atoms with van der Waals surface area (Å²) in [6, 6.07) is 13.4. The smallest absolute Gasteiger partial charge is 0.212 e. The topological polar surface area (TPSA) is 88.2 Å². The predicted octanol–water partition coefficient (Wildman–Crippen LogP) is 3.26. The van der Waals surface area contributed by atoms with E-state index in [0.29, 0.717) is 23.0 Å². The first kappa shape index (κ1) is 15.9. The van der Waals surface area contributed by atoms with Crippen molar-refractivity contribution >= 4 is 17.2 Å². The summed E-state index contributed by atoms with van der Waals surface area (Å²) in [7, 11) is 0. The number of aromatic nitrogens is 5. The van der Waals surface area contributed by atoms with Crippen molar-refractivity contribution in [3.05, 3.63) is 72.1 Å². The van der Waals surface area contributed by atoms with Gasteiger partial charge >= 0.3 is 0 Å². The highest BCUT2D eigenvalue weighted by Gasteiger charge is 2.17. The summed E-state index contributed by atoms with van der Waals surface area (Å²) in [6.45, 7) is 1.99. The zero-order chi connectivity index (χ0) is 18.1. The number of anilines is 2. The molecule has 0 saturated carbocycles. The van der Waals surface area contributed by atoms with E-state index in [9.17, 15) is 9.50 Å². The Balaban J connectivity index is 1.68. The third-order valence-corrected chi connectivity index (χ3v) is 4.07. The van der Waals surface area contributed by atoms with Crippen LogP contribution in [0.5, 0.6) is 5.75 Å². The van der Waals surface area contributed by atoms with Gasteiger partial charge in [-0.1, -0.05) is 19.1 Å². The monoisotopic (exact) mass is 350 g/mol. The molecule has 1 aromatic carbocycles. The molecule has 0 bridgehead atoms. The molecule has 26 heavy (non-hydrogen) atoms. The van der Waals surface area contributed by atoms with Crippen LogP contribution >= 0.6 is 0 Å². The lowest BCUT2D eigenvalue weighted by Crippen LogP contribution is -2.06. The van der Waals surface area contributed by atoms with Crippen LogP contribution in [0.1, 0.15) is 24.2 Å². The summed E-state index contributed by atoms with van der Waals surface area (Å²) in [5.41, 5.74) is 2.23. The number of phenolic OH excluding ortho intramolecular Hbond substituents is 1. The number of aromatic hydroxyl groups is 1. The number of hydrogen-bond acceptors (Lipinski definition) is 6. The van der Waals surface area contributed by atoms with Gasteiger partial charge in [-0.05, 0) is 42.0 Å². The third-order valence-electron chi connectivity index (χ3n) is 4.07. The molecular weight excluding hydrogens is 335 g/mol. The van der Waals surface area contributed by atoms with E-state index in [4.69, 9.17) is 0 Å². The molecule has 8 heteroatoms. The molecule has 0 aliphatic heterocycles. The highest BCUT2D eigenvalue weighted by Crippen LogP contribution is 2.25. The first-order chi connectivity index (χ1) is 12.6. The molecule has 4 rings (SSSR count). The standard InChI is InChI=1S/C18H15FN6O/c1-11(12-2-5-14(26)6-3-12)18-23-22-17-9-8-16(24-25(17)18)21-13-4-7-15(19)20-10-13/h2-11,26H,1H3,(H,21,24)/t11-/m0/s1. The number of nitrogens with one attached hydrogen (secondary N) is 1. The maximum absolute atomic E-state index is 12.9. The van der Waals surface area contributed by atoms with Crippen LogP contribution in [0.25, 0.3) is 5.65 Å². The molecule has 3 aromatic heterocycles. The molecule has 0 saturated heterocycles. The van der Waals surface area contributed by atoms with Gasteiger partial charge in [0.15, 0.2) is 17.3 Å². The van der Waals surface area contributed by atoms with E-state index < -0.39 is 5.95 Å². The first-order valence-corrected chi connectivity index (χ1v) is 8.00. The molecule has 2 N–H and O–H groups in total. The Bertz CT molecular complexity index is 1050. The van der Waals surface area contributed by atoms with Gasteiger partial charge in [-0.25, -0.2) is 4.98 Å². The quantitative estimate of drug-likeness (QED) is 0.549. The number of fused-ring (bicyclic) bond motifs is 1. The zero-order valence-corrected chi connectivity index (χ0v) is 13.8. The molecule has 130 valence electrons. The average molecular weight is 350 g/mol. The Labute approximate surface area is 148 Å². The van der Waals surface area contributed by atoms with Crippen molar-refractivity contribution in [1.82, 2.24) is 24.8 Å². The Kier molecular flexibility index (Phi) is 3.92. The molecule has 0 radical (unpaired) electrons. The van der Waals surface area contributed by atoms with Crippen LogP contribution in [0, 0.1) is 5.95 Å². The van der Waals surface area contributed by atoms with Crippen LogP contribution in [0.15, 0.2) is 54.7 Å². The van der Waals surface area contributed by atoms with Gasteiger partial charge in [0.1, 0.15) is 5.75 Å². The van der Waals surface area contributed by atoms with E-state index in [1.165, 1.54) is 12.3 Å². The minimum absolute atomic E-state index is 0.0687. The number of halogens is 1. The normalized spacial score (nSPS) is 12.2. The summed E-state index contributed by atoms with van der Waals surface area (Å²) < 4.78 is 14.6. The summed E-state index contributed by atoms with van der Waals surface area (Å²) in [4.78, 5) is 3.61. The van der Waals surface area contributed by atoms with Crippen LogP contribution in [-0.2, 0) is 0 Å². The Morgan fingerprint density at radius 3 is 2.58 bits per heavy atom. The molecule has 0 aliphatic carbocycles. The average Bonchev–Trinajstić information content (AvgIpc) is 3.07. The summed E-state index contributed by atoms with van der Waals surface area (Å²) >= 11 is 0. The van der Waals surface area contributed by atoms with Gasteiger partial charge in [-0.2, -0.15) is 8.91 Å². The third kappa shape index (κ3) is 3.04.